The third-order valence-corrected chi connectivity index (χ3v) is 3.67. The lowest BCUT2D eigenvalue weighted by Crippen LogP contribution is -2.08. The number of fused-ring (bicyclic) bond motifs is 1. The van der Waals surface area contributed by atoms with Crippen molar-refractivity contribution in [3.63, 3.8) is 0 Å². The largest absolute Gasteiger partial charge is 0.493 e. The van der Waals surface area contributed by atoms with Gasteiger partial charge in [0.25, 0.3) is 0 Å². The number of halogens is 1. The van der Waals surface area contributed by atoms with Gasteiger partial charge in [-0.3, -0.25) is 4.68 Å². The van der Waals surface area contributed by atoms with Gasteiger partial charge in [0.1, 0.15) is 5.75 Å². The molecule has 0 atom stereocenters. The zero-order valence-electron chi connectivity index (χ0n) is 10.8. The van der Waals surface area contributed by atoms with E-state index >= 15 is 0 Å². The van der Waals surface area contributed by atoms with E-state index in [1.54, 1.807) is 0 Å². The highest BCUT2D eigenvalue weighted by Gasteiger charge is 2.17. The van der Waals surface area contributed by atoms with Crippen LogP contribution in [0, 0.1) is 0 Å². The number of aromatic nitrogens is 2. The molecule has 4 nitrogen and oxygen atoms in total. The summed E-state index contributed by atoms with van der Waals surface area (Å²) in [4.78, 5) is 0. The lowest BCUT2D eigenvalue weighted by molar-refractivity contribution is 0.352. The SMILES string of the molecule is CNCc1ccn(Cc2cc(Br)cc3c2OCC3)n1. The van der Waals surface area contributed by atoms with Gasteiger partial charge in [-0.2, -0.15) is 5.10 Å². The molecule has 1 aromatic carbocycles. The summed E-state index contributed by atoms with van der Waals surface area (Å²) in [5, 5.41) is 7.64. The van der Waals surface area contributed by atoms with Crippen molar-refractivity contribution in [2.75, 3.05) is 13.7 Å². The summed E-state index contributed by atoms with van der Waals surface area (Å²) in [5.74, 6) is 1.04. The van der Waals surface area contributed by atoms with E-state index in [-0.39, 0.29) is 0 Å². The molecule has 1 aromatic heterocycles. The average Bonchev–Trinajstić information content (AvgIpc) is 2.98. The highest BCUT2D eigenvalue weighted by Crippen LogP contribution is 2.33. The summed E-state index contributed by atoms with van der Waals surface area (Å²) in [7, 11) is 1.92. The van der Waals surface area contributed by atoms with E-state index in [0.717, 1.165) is 42.0 Å². The fourth-order valence-corrected chi connectivity index (χ4v) is 2.96. The molecule has 0 aliphatic carbocycles. The Balaban J connectivity index is 1.86. The summed E-state index contributed by atoms with van der Waals surface area (Å²) >= 11 is 3.56. The molecule has 0 saturated carbocycles. The molecule has 2 heterocycles. The maximum Gasteiger partial charge on any atom is 0.127 e. The Labute approximate surface area is 120 Å². The molecular formula is C14H16BrN3O. The van der Waals surface area contributed by atoms with Gasteiger partial charge in [-0.05, 0) is 30.8 Å². The molecule has 2 aromatic rings. The Kier molecular flexibility index (Phi) is 3.57. The van der Waals surface area contributed by atoms with Crippen LogP contribution in [0.1, 0.15) is 16.8 Å². The Bertz CT molecular complexity index is 594. The Hall–Kier alpha value is -1.33. The highest BCUT2D eigenvalue weighted by atomic mass is 79.9. The lowest BCUT2D eigenvalue weighted by Gasteiger charge is -2.09. The molecule has 1 N–H and O–H groups in total. The van der Waals surface area contributed by atoms with Crippen LogP contribution in [0.5, 0.6) is 5.75 Å². The predicted molar refractivity (Wildman–Crippen MR) is 77.4 cm³/mol. The third kappa shape index (κ3) is 2.67. The van der Waals surface area contributed by atoms with E-state index in [9.17, 15) is 0 Å². The first-order chi connectivity index (χ1) is 9.26. The highest BCUT2D eigenvalue weighted by molar-refractivity contribution is 9.10. The third-order valence-electron chi connectivity index (χ3n) is 3.21. The minimum Gasteiger partial charge on any atom is -0.493 e. The molecule has 1 aliphatic heterocycles. The zero-order chi connectivity index (χ0) is 13.2. The quantitative estimate of drug-likeness (QED) is 0.939. The molecule has 0 radical (unpaired) electrons. The number of hydrogen-bond donors (Lipinski definition) is 1. The molecule has 3 rings (SSSR count). The number of nitrogens with zero attached hydrogens (tertiary/aromatic N) is 2. The Morgan fingerprint density at radius 3 is 3.21 bits per heavy atom. The molecule has 0 saturated heterocycles. The minimum absolute atomic E-state index is 0.742. The van der Waals surface area contributed by atoms with E-state index in [1.165, 1.54) is 11.1 Å². The average molecular weight is 322 g/mol. The molecule has 0 unspecified atom stereocenters. The molecule has 1 aliphatic rings. The number of ether oxygens (including phenoxy) is 1. The van der Waals surface area contributed by atoms with Gasteiger partial charge in [-0.25, -0.2) is 0 Å². The number of nitrogens with one attached hydrogen (secondary N) is 1. The van der Waals surface area contributed by atoms with Gasteiger partial charge in [0.2, 0.25) is 0 Å². The van der Waals surface area contributed by atoms with Crippen LogP contribution in [0.4, 0.5) is 0 Å². The summed E-state index contributed by atoms with van der Waals surface area (Å²) in [6.07, 6.45) is 3.00. The van der Waals surface area contributed by atoms with Crippen LogP contribution in [0.25, 0.3) is 0 Å². The number of benzene rings is 1. The van der Waals surface area contributed by atoms with Gasteiger partial charge in [0.15, 0.2) is 0 Å². The second-order valence-corrected chi connectivity index (χ2v) is 5.60. The lowest BCUT2D eigenvalue weighted by atomic mass is 10.1. The van der Waals surface area contributed by atoms with Crippen LogP contribution < -0.4 is 10.1 Å². The first-order valence-electron chi connectivity index (χ1n) is 6.37. The van der Waals surface area contributed by atoms with Gasteiger partial charge in [0, 0.05) is 29.2 Å². The fourth-order valence-electron chi connectivity index (χ4n) is 2.41. The van der Waals surface area contributed by atoms with Crippen LogP contribution in [0.15, 0.2) is 28.9 Å². The number of hydrogen-bond acceptors (Lipinski definition) is 3. The van der Waals surface area contributed by atoms with Crippen molar-refractivity contribution in [1.29, 1.82) is 0 Å². The van der Waals surface area contributed by atoms with Crippen molar-refractivity contribution in [2.24, 2.45) is 0 Å². The molecule has 0 amide bonds. The Morgan fingerprint density at radius 1 is 1.47 bits per heavy atom. The summed E-state index contributed by atoms with van der Waals surface area (Å²) in [6, 6.07) is 6.29. The topological polar surface area (TPSA) is 39.1 Å². The molecular weight excluding hydrogens is 306 g/mol. The molecule has 0 fully saturated rings. The van der Waals surface area contributed by atoms with Crippen molar-refractivity contribution in [1.82, 2.24) is 15.1 Å². The second kappa shape index (κ2) is 5.35. The molecule has 0 spiro atoms. The van der Waals surface area contributed by atoms with E-state index in [4.69, 9.17) is 4.74 Å². The minimum atomic E-state index is 0.742. The van der Waals surface area contributed by atoms with Crippen molar-refractivity contribution >= 4 is 15.9 Å². The van der Waals surface area contributed by atoms with Gasteiger partial charge >= 0.3 is 0 Å². The van der Waals surface area contributed by atoms with Gasteiger partial charge in [-0.1, -0.05) is 15.9 Å². The smallest absolute Gasteiger partial charge is 0.127 e. The summed E-state index contributed by atoms with van der Waals surface area (Å²) in [5.41, 5.74) is 3.52. The molecule has 19 heavy (non-hydrogen) atoms. The van der Waals surface area contributed by atoms with Crippen molar-refractivity contribution in [3.8, 4) is 5.75 Å². The zero-order valence-corrected chi connectivity index (χ0v) is 12.4. The van der Waals surface area contributed by atoms with Crippen LogP contribution in [-0.2, 0) is 19.5 Å². The maximum atomic E-state index is 5.74. The summed E-state index contributed by atoms with van der Waals surface area (Å²) < 4.78 is 8.80. The van der Waals surface area contributed by atoms with Crippen molar-refractivity contribution < 1.29 is 4.74 Å². The molecule has 5 heteroatoms. The standard InChI is InChI=1S/C14H16BrN3O/c1-16-8-13-2-4-18(17-13)9-11-7-12(15)6-10-3-5-19-14(10)11/h2,4,6-7,16H,3,5,8-9H2,1H3. The van der Waals surface area contributed by atoms with Crippen molar-refractivity contribution in [2.45, 2.75) is 19.5 Å². The van der Waals surface area contributed by atoms with Gasteiger partial charge in [0.05, 0.1) is 18.8 Å². The monoisotopic (exact) mass is 321 g/mol. The van der Waals surface area contributed by atoms with E-state index in [1.807, 2.05) is 24.0 Å². The number of rotatable bonds is 4. The second-order valence-electron chi connectivity index (χ2n) is 4.69. The maximum absolute atomic E-state index is 5.74. The summed E-state index contributed by atoms with van der Waals surface area (Å²) in [6.45, 7) is 2.31. The van der Waals surface area contributed by atoms with E-state index in [2.05, 4.69) is 38.5 Å². The van der Waals surface area contributed by atoms with Gasteiger partial charge < -0.3 is 10.1 Å². The van der Waals surface area contributed by atoms with Crippen molar-refractivity contribution in [3.05, 3.63) is 45.7 Å². The van der Waals surface area contributed by atoms with Crippen LogP contribution in [-0.4, -0.2) is 23.4 Å². The van der Waals surface area contributed by atoms with E-state index < -0.39 is 0 Å². The molecule has 0 bridgehead atoms. The van der Waals surface area contributed by atoms with Crippen LogP contribution >= 0.6 is 15.9 Å². The predicted octanol–water partition coefficient (Wildman–Crippen LogP) is 2.35. The normalized spacial score (nSPS) is 13.4. The van der Waals surface area contributed by atoms with Crippen LogP contribution in [0.3, 0.4) is 0 Å². The van der Waals surface area contributed by atoms with Crippen LogP contribution in [0.2, 0.25) is 0 Å². The van der Waals surface area contributed by atoms with E-state index in [0.29, 0.717) is 0 Å². The fraction of sp³-hybridized carbons (Fsp3) is 0.357. The van der Waals surface area contributed by atoms with Gasteiger partial charge in [-0.15, -0.1) is 0 Å². The Morgan fingerprint density at radius 2 is 2.37 bits per heavy atom. The first kappa shape index (κ1) is 12.7. The molecule has 100 valence electrons. The first-order valence-corrected chi connectivity index (χ1v) is 7.16.